The Bertz CT molecular complexity index is 627. The van der Waals surface area contributed by atoms with Crippen molar-refractivity contribution >= 4 is 12.2 Å². The first-order valence-corrected chi connectivity index (χ1v) is 9.27. The summed E-state index contributed by atoms with van der Waals surface area (Å²) in [5, 5.41) is 3.01. The van der Waals surface area contributed by atoms with Crippen LogP contribution in [0.4, 0.5) is 9.59 Å². The summed E-state index contributed by atoms with van der Waals surface area (Å²) in [4.78, 5) is 26.3. The third-order valence-corrected chi connectivity index (χ3v) is 4.98. The minimum absolute atomic E-state index is 0.0722. The predicted molar refractivity (Wildman–Crippen MR) is 97.6 cm³/mol. The van der Waals surface area contributed by atoms with Gasteiger partial charge < -0.3 is 19.7 Å². The average molecular weight is 360 g/mol. The van der Waals surface area contributed by atoms with Crippen LogP contribution in [0.5, 0.6) is 0 Å². The quantitative estimate of drug-likeness (QED) is 0.895. The molecule has 0 spiro atoms. The fourth-order valence-electron chi connectivity index (χ4n) is 3.86. The first-order valence-electron chi connectivity index (χ1n) is 9.27. The Morgan fingerprint density at radius 2 is 1.73 bits per heavy atom. The molecule has 1 saturated heterocycles. The van der Waals surface area contributed by atoms with Crippen LogP contribution in [0.25, 0.3) is 0 Å². The van der Waals surface area contributed by atoms with Crippen LogP contribution < -0.4 is 5.32 Å². The van der Waals surface area contributed by atoms with Crippen LogP contribution >= 0.6 is 0 Å². The average Bonchev–Trinajstić information content (AvgIpc) is 2.80. The van der Waals surface area contributed by atoms with Gasteiger partial charge in [0.25, 0.3) is 0 Å². The largest absolute Gasteiger partial charge is 0.445 e. The van der Waals surface area contributed by atoms with Gasteiger partial charge in [-0.2, -0.15) is 0 Å². The van der Waals surface area contributed by atoms with E-state index in [1.165, 1.54) is 0 Å². The smallest absolute Gasteiger partial charge is 0.410 e. The van der Waals surface area contributed by atoms with E-state index in [4.69, 9.17) is 9.47 Å². The van der Waals surface area contributed by atoms with Gasteiger partial charge >= 0.3 is 12.2 Å². The highest BCUT2D eigenvalue weighted by Crippen LogP contribution is 2.37. The molecule has 1 aromatic rings. The molecule has 2 bridgehead atoms. The molecule has 1 heterocycles. The van der Waals surface area contributed by atoms with Crippen LogP contribution in [0.1, 0.15) is 39.2 Å². The second-order valence-electron chi connectivity index (χ2n) is 8.21. The molecule has 2 amide bonds. The van der Waals surface area contributed by atoms with Gasteiger partial charge in [0.2, 0.25) is 0 Å². The number of ether oxygens (including phenoxy) is 2. The van der Waals surface area contributed by atoms with E-state index in [1.54, 1.807) is 4.90 Å². The van der Waals surface area contributed by atoms with Gasteiger partial charge in [-0.3, -0.25) is 0 Å². The molecule has 0 radical (unpaired) electrons. The van der Waals surface area contributed by atoms with Crippen LogP contribution in [0.2, 0.25) is 0 Å². The van der Waals surface area contributed by atoms with Crippen molar-refractivity contribution in [2.75, 3.05) is 13.1 Å². The van der Waals surface area contributed by atoms with Crippen LogP contribution in [-0.2, 0) is 16.1 Å². The van der Waals surface area contributed by atoms with Crippen molar-refractivity contribution < 1.29 is 19.1 Å². The van der Waals surface area contributed by atoms with E-state index < -0.39 is 5.60 Å². The van der Waals surface area contributed by atoms with Gasteiger partial charge in [-0.05, 0) is 51.0 Å². The van der Waals surface area contributed by atoms with Gasteiger partial charge in [-0.15, -0.1) is 0 Å². The number of nitrogens with zero attached hydrogens (tertiary/aromatic N) is 1. The molecule has 2 aliphatic rings. The molecule has 2 fully saturated rings. The summed E-state index contributed by atoms with van der Waals surface area (Å²) in [7, 11) is 0. The fourth-order valence-corrected chi connectivity index (χ4v) is 3.86. The summed E-state index contributed by atoms with van der Waals surface area (Å²) < 4.78 is 10.8. The molecule has 3 atom stereocenters. The van der Waals surface area contributed by atoms with Crippen LogP contribution in [0.15, 0.2) is 30.3 Å². The standard InChI is InChI=1S/C20H28N2O4/c1-20(2,3)26-18(23)21-17-15-9-10-16(17)12-22(11-15)19(24)25-13-14-7-5-4-6-8-14/h4-8,15-17H,9-13H2,1-3H3,(H,21,23)/t15-,16+,17?. The molecule has 0 aromatic heterocycles. The van der Waals surface area contributed by atoms with Crippen molar-refractivity contribution in [1.82, 2.24) is 10.2 Å². The van der Waals surface area contributed by atoms with E-state index in [-0.39, 0.29) is 36.7 Å². The van der Waals surface area contributed by atoms with Gasteiger partial charge in [0, 0.05) is 19.1 Å². The number of nitrogens with one attached hydrogen (secondary N) is 1. The van der Waals surface area contributed by atoms with Gasteiger partial charge in [0.1, 0.15) is 12.2 Å². The zero-order valence-electron chi connectivity index (χ0n) is 15.7. The minimum Gasteiger partial charge on any atom is -0.445 e. The van der Waals surface area contributed by atoms with Crippen molar-refractivity contribution in [3.8, 4) is 0 Å². The van der Waals surface area contributed by atoms with E-state index in [2.05, 4.69) is 5.32 Å². The third kappa shape index (κ3) is 4.68. The number of alkyl carbamates (subject to hydrolysis) is 1. The highest BCUT2D eigenvalue weighted by Gasteiger charge is 2.44. The molecule has 142 valence electrons. The molecule has 6 heteroatoms. The van der Waals surface area contributed by atoms with E-state index in [0.29, 0.717) is 13.1 Å². The number of benzene rings is 1. The molecule has 1 N–H and O–H groups in total. The van der Waals surface area contributed by atoms with Crippen LogP contribution in [0, 0.1) is 11.8 Å². The molecule has 1 unspecified atom stereocenters. The maximum atomic E-state index is 12.4. The Morgan fingerprint density at radius 1 is 1.12 bits per heavy atom. The number of fused-ring (bicyclic) bond motifs is 2. The second-order valence-corrected chi connectivity index (χ2v) is 8.21. The predicted octanol–water partition coefficient (Wildman–Crippen LogP) is 3.56. The lowest BCUT2D eigenvalue weighted by Gasteiger charge is -2.37. The highest BCUT2D eigenvalue weighted by atomic mass is 16.6. The van der Waals surface area contributed by atoms with E-state index >= 15 is 0 Å². The lowest BCUT2D eigenvalue weighted by atomic mass is 9.92. The number of hydrogen-bond donors (Lipinski definition) is 1. The minimum atomic E-state index is -0.509. The first kappa shape index (κ1) is 18.5. The van der Waals surface area contributed by atoms with Gasteiger partial charge in [0.15, 0.2) is 0 Å². The zero-order chi connectivity index (χ0) is 18.7. The van der Waals surface area contributed by atoms with Crippen molar-refractivity contribution in [2.24, 2.45) is 11.8 Å². The number of amides is 2. The monoisotopic (exact) mass is 360 g/mol. The number of carbonyl (C=O) groups excluding carboxylic acids is 2. The van der Waals surface area contributed by atoms with Gasteiger partial charge in [0.05, 0.1) is 0 Å². The van der Waals surface area contributed by atoms with Crippen LogP contribution in [-0.4, -0.2) is 41.8 Å². The molecular formula is C20H28N2O4. The summed E-state index contributed by atoms with van der Waals surface area (Å²) in [5.74, 6) is 0.510. The summed E-state index contributed by atoms with van der Waals surface area (Å²) in [6.07, 6.45) is 1.36. The Balaban J connectivity index is 1.51. The molecule has 1 saturated carbocycles. The molecule has 1 aliphatic heterocycles. The Kier molecular flexibility index (Phi) is 5.39. The van der Waals surface area contributed by atoms with Crippen molar-refractivity contribution in [2.45, 2.75) is 51.9 Å². The summed E-state index contributed by atoms with van der Waals surface area (Å²) >= 11 is 0. The maximum absolute atomic E-state index is 12.4. The van der Waals surface area contributed by atoms with E-state index in [1.807, 2.05) is 51.1 Å². The fraction of sp³-hybridized carbons (Fsp3) is 0.600. The second kappa shape index (κ2) is 7.56. The number of likely N-dealkylation sites (tertiary alicyclic amines) is 1. The number of piperidine rings is 1. The lowest BCUT2D eigenvalue weighted by molar-refractivity contribution is 0.0395. The molecule has 3 rings (SSSR count). The number of carbonyl (C=O) groups is 2. The van der Waals surface area contributed by atoms with E-state index in [9.17, 15) is 9.59 Å². The molecular weight excluding hydrogens is 332 g/mol. The van der Waals surface area contributed by atoms with Crippen molar-refractivity contribution in [1.29, 1.82) is 0 Å². The van der Waals surface area contributed by atoms with Crippen LogP contribution in [0.3, 0.4) is 0 Å². The third-order valence-electron chi connectivity index (χ3n) is 4.98. The summed E-state index contributed by atoms with van der Waals surface area (Å²) in [6.45, 7) is 7.08. The van der Waals surface area contributed by atoms with Gasteiger partial charge in [-0.25, -0.2) is 9.59 Å². The van der Waals surface area contributed by atoms with Crippen molar-refractivity contribution in [3.63, 3.8) is 0 Å². The molecule has 1 aromatic carbocycles. The van der Waals surface area contributed by atoms with E-state index in [0.717, 1.165) is 18.4 Å². The summed E-state index contributed by atoms with van der Waals surface area (Å²) in [6, 6.07) is 9.74. The number of rotatable bonds is 3. The Labute approximate surface area is 154 Å². The first-order chi connectivity index (χ1) is 12.3. The highest BCUT2D eigenvalue weighted by molar-refractivity contribution is 5.69. The maximum Gasteiger partial charge on any atom is 0.410 e. The van der Waals surface area contributed by atoms with Gasteiger partial charge in [-0.1, -0.05) is 30.3 Å². The topological polar surface area (TPSA) is 67.9 Å². The normalized spacial score (nSPS) is 24.9. The zero-order valence-corrected chi connectivity index (χ0v) is 15.7. The Morgan fingerprint density at radius 3 is 2.31 bits per heavy atom. The molecule has 1 aliphatic carbocycles. The lowest BCUT2D eigenvalue weighted by Crippen LogP contribution is -2.54. The van der Waals surface area contributed by atoms with Crippen molar-refractivity contribution in [3.05, 3.63) is 35.9 Å². The Hall–Kier alpha value is -2.24. The molecule has 26 heavy (non-hydrogen) atoms. The summed E-state index contributed by atoms with van der Waals surface area (Å²) in [5.41, 5.74) is 0.468. The SMILES string of the molecule is CC(C)(C)OC(=O)NC1[C@@H]2CC[C@H]1CN(C(=O)OCc1ccccc1)C2. The molecule has 6 nitrogen and oxygen atoms in total. The number of hydrogen-bond acceptors (Lipinski definition) is 4.